The lowest BCUT2D eigenvalue weighted by Crippen LogP contribution is -2.38. The van der Waals surface area contributed by atoms with E-state index < -0.39 is 0 Å². The number of piperidine rings is 1. The first-order chi connectivity index (χ1) is 11.6. The Labute approximate surface area is 143 Å². The van der Waals surface area contributed by atoms with Crippen LogP contribution in [0.2, 0.25) is 0 Å². The van der Waals surface area contributed by atoms with Gasteiger partial charge in [-0.1, -0.05) is 26.2 Å². The van der Waals surface area contributed by atoms with Gasteiger partial charge >= 0.3 is 5.69 Å². The van der Waals surface area contributed by atoms with E-state index in [1.165, 1.54) is 17.5 Å². The molecule has 6 heteroatoms. The van der Waals surface area contributed by atoms with Crippen LogP contribution in [0.15, 0.2) is 4.79 Å². The zero-order valence-electron chi connectivity index (χ0n) is 15.0. The van der Waals surface area contributed by atoms with E-state index in [1.54, 1.807) is 7.05 Å². The number of carbonyl (C=O) groups is 1. The van der Waals surface area contributed by atoms with Gasteiger partial charge in [-0.15, -0.1) is 0 Å². The van der Waals surface area contributed by atoms with Crippen LogP contribution in [0.1, 0.15) is 82.5 Å². The van der Waals surface area contributed by atoms with Crippen molar-refractivity contribution in [3.8, 4) is 0 Å². The second-order valence-electron chi connectivity index (χ2n) is 7.33. The van der Waals surface area contributed by atoms with E-state index in [9.17, 15) is 9.59 Å². The SMILES string of the molecule is CCCCC(=O)N1CCC(c2nn(C)c(=O)n2C2CCCC2)CC1. The summed E-state index contributed by atoms with van der Waals surface area (Å²) in [5.41, 5.74) is 0.0263. The van der Waals surface area contributed by atoms with Gasteiger partial charge in [0.15, 0.2) is 0 Å². The Balaban J connectivity index is 1.69. The van der Waals surface area contributed by atoms with Crippen molar-refractivity contribution in [1.82, 2.24) is 19.2 Å². The lowest BCUT2D eigenvalue weighted by Gasteiger charge is -2.32. The van der Waals surface area contributed by atoms with Crippen LogP contribution in [0.4, 0.5) is 0 Å². The van der Waals surface area contributed by atoms with Crippen LogP contribution in [0, 0.1) is 0 Å². The summed E-state index contributed by atoms with van der Waals surface area (Å²) in [5, 5.41) is 4.56. The number of hydrogen-bond donors (Lipinski definition) is 0. The molecule has 0 unspecified atom stereocenters. The summed E-state index contributed by atoms with van der Waals surface area (Å²) in [5.74, 6) is 1.54. The fourth-order valence-electron chi connectivity index (χ4n) is 4.16. The van der Waals surface area contributed by atoms with Crippen LogP contribution >= 0.6 is 0 Å². The molecule has 1 aliphatic carbocycles. The van der Waals surface area contributed by atoms with Crippen molar-refractivity contribution in [3.05, 3.63) is 16.3 Å². The topological polar surface area (TPSA) is 60.1 Å². The second kappa shape index (κ2) is 7.53. The maximum atomic E-state index is 12.5. The van der Waals surface area contributed by atoms with E-state index in [4.69, 9.17) is 0 Å². The second-order valence-corrected chi connectivity index (χ2v) is 7.33. The zero-order valence-corrected chi connectivity index (χ0v) is 15.0. The molecule has 0 aromatic carbocycles. The number of hydrogen-bond acceptors (Lipinski definition) is 3. The van der Waals surface area contributed by atoms with E-state index in [0.717, 1.165) is 57.4 Å². The Morgan fingerprint density at radius 3 is 2.46 bits per heavy atom. The molecular formula is C18H30N4O2. The molecule has 1 aromatic heterocycles. The van der Waals surface area contributed by atoms with Gasteiger partial charge in [0.25, 0.3) is 0 Å². The first kappa shape index (κ1) is 17.2. The molecule has 1 aliphatic heterocycles. The minimum absolute atomic E-state index is 0.0263. The summed E-state index contributed by atoms with van der Waals surface area (Å²) in [4.78, 5) is 26.7. The lowest BCUT2D eigenvalue weighted by atomic mass is 9.95. The molecule has 1 saturated heterocycles. The predicted octanol–water partition coefficient (Wildman–Crippen LogP) is 2.59. The Hall–Kier alpha value is -1.59. The van der Waals surface area contributed by atoms with E-state index in [2.05, 4.69) is 12.0 Å². The number of nitrogens with zero attached hydrogens (tertiary/aromatic N) is 4. The number of carbonyl (C=O) groups excluding carboxylic acids is 1. The molecule has 0 N–H and O–H groups in total. The molecule has 0 spiro atoms. The molecule has 6 nitrogen and oxygen atoms in total. The number of amides is 1. The third kappa shape index (κ3) is 3.42. The van der Waals surface area contributed by atoms with Gasteiger partial charge in [0.1, 0.15) is 5.82 Å². The normalized spacial score (nSPS) is 20.0. The average molecular weight is 334 g/mol. The molecule has 0 radical (unpaired) electrons. The first-order valence-electron chi connectivity index (χ1n) is 9.55. The Kier molecular flexibility index (Phi) is 5.41. The number of aromatic nitrogens is 3. The van der Waals surface area contributed by atoms with E-state index in [-0.39, 0.29) is 11.6 Å². The first-order valence-corrected chi connectivity index (χ1v) is 9.55. The molecule has 1 aromatic rings. The number of unbranched alkanes of at least 4 members (excludes halogenated alkanes) is 1. The zero-order chi connectivity index (χ0) is 17.1. The van der Waals surface area contributed by atoms with Gasteiger partial charge in [0, 0.05) is 38.5 Å². The summed E-state index contributed by atoms with van der Waals surface area (Å²) in [7, 11) is 1.75. The van der Waals surface area contributed by atoms with E-state index in [1.807, 2.05) is 9.47 Å². The third-order valence-electron chi connectivity index (χ3n) is 5.63. The van der Waals surface area contributed by atoms with Gasteiger partial charge in [0.05, 0.1) is 0 Å². The van der Waals surface area contributed by atoms with E-state index >= 15 is 0 Å². The summed E-state index contributed by atoms with van der Waals surface area (Å²) in [6, 6.07) is 0.324. The highest BCUT2D eigenvalue weighted by molar-refractivity contribution is 5.76. The van der Waals surface area contributed by atoms with Crippen molar-refractivity contribution < 1.29 is 4.79 Å². The molecule has 134 valence electrons. The highest BCUT2D eigenvalue weighted by Gasteiger charge is 2.31. The van der Waals surface area contributed by atoms with Crippen LogP contribution in [0.3, 0.4) is 0 Å². The maximum absolute atomic E-state index is 12.5. The fourth-order valence-corrected chi connectivity index (χ4v) is 4.16. The molecule has 1 saturated carbocycles. The minimum atomic E-state index is 0.0263. The maximum Gasteiger partial charge on any atom is 0.345 e. The van der Waals surface area contributed by atoms with Crippen LogP contribution in [0.5, 0.6) is 0 Å². The predicted molar refractivity (Wildman–Crippen MR) is 93.1 cm³/mol. The van der Waals surface area contributed by atoms with Crippen LogP contribution in [-0.4, -0.2) is 38.2 Å². The van der Waals surface area contributed by atoms with Gasteiger partial charge in [-0.25, -0.2) is 9.48 Å². The third-order valence-corrected chi connectivity index (χ3v) is 5.63. The Morgan fingerprint density at radius 2 is 1.83 bits per heavy atom. The van der Waals surface area contributed by atoms with Crippen molar-refractivity contribution in [3.63, 3.8) is 0 Å². The molecule has 0 atom stereocenters. The lowest BCUT2D eigenvalue weighted by molar-refractivity contribution is -0.132. The number of aryl methyl sites for hydroxylation is 1. The summed E-state index contributed by atoms with van der Waals surface area (Å²) in [6.45, 7) is 3.70. The van der Waals surface area contributed by atoms with Crippen molar-refractivity contribution in [2.75, 3.05) is 13.1 Å². The van der Waals surface area contributed by atoms with Gasteiger partial charge in [-0.3, -0.25) is 9.36 Å². The quantitative estimate of drug-likeness (QED) is 0.831. The molecule has 3 rings (SSSR count). The smallest absolute Gasteiger partial charge is 0.343 e. The van der Waals surface area contributed by atoms with Crippen LogP contribution < -0.4 is 5.69 Å². The summed E-state index contributed by atoms with van der Waals surface area (Å²) in [6.07, 6.45) is 9.12. The van der Waals surface area contributed by atoms with Crippen molar-refractivity contribution >= 4 is 5.91 Å². The number of rotatable bonds is 5. The monoisotopic (exact) mass is 334 g/mol. The molecule has 2 aliphatic rings. The minimum Gasteiger partial charge on any atom is -0.343 e. The summed E-state index contributed by atoms with van der Waals surface area (Å²) >= 11 is 0. The average Bonchev–Trinajstić information content (AvgIpc) is 3.21. The van der Waals surface area contributed by atoms with Gasteiger partial charge in [0.2, 0.25) is 5.91 Å². The molecule has 0 bridgehead atoms. The van der Waals surface area contributed by atoms with Gasteiger partial charge < -0.3 is 4.90 Å². The van der Waals surface area contributed by atoms with Crippen molar-refractivity contribution in [1.29, 1.82) is 0 Å². The molecule has 24 heavy (non-hydrogen) atoms. The fraction of sp³-hybridized carbons (Fsp3) is 0.833. The highest BCUT2D eigenvalue weighted by Crippen LogP contribution is 2.33. The molecular weight excluding hydrogens is 304 g/mol. The largest absolute Gasteiger partial charge is 0.345 e. The van der Waals surface area contributed by atoms with Crippen molar-refractivity contribution in [2.24, 2.45) is 7.05 Å². The van der Waals surface area contributed by atoms with Gasteiger partial charge in [-0.2, -0.15) is 5.10 Å². The van der Waals surface area contributed by atoms with Crippen LogP contribution in [-0.2, 0) is 11.8 Å². The standard InChI is InChI=1S/C18H30N4O2/c1-3-4-9-16(23)21-12-10-14(11-13-21)17-19-20(2)18(24)22(17)15-7-5-6-8-15/h14-15H,3-13H2,1-2H3. The Bertz CT molecular complexity index is 619. The van der Waals surface area contributed by atoms with Gasteiger partial charge in [-0.05, 0) is 32.1 Å². The Morgan fingerprint density at radius 1 is 1.17 bits per heavy atom. The number of likely N-dealkylation sites (tertiary alicyclic amines) is 1. The molecule has 2 fully saturated rings. The van der Waals surface area contributed by atoms with Crippen molar-refractivity contribution in [2.45, 2.75) is 76.7 Å². The summed E-state index contributed by atoms with van der Waals surface area (Å²) < 4.78 is 3.46. The molecule has 2 heterocycles. The van der Waals surface area contributed by atoms with Crippen LogP contribution in [0.25, 0.3) is 0 Å². The molecule has 1 amide bonds. The van der Waals surface area contributed by atoms with E-state index in [0.29, 0.717) is 18.4 Å². The highest BCUT2D eigenvalue weighted by atomic mass is 16.2.